The smallest absolute Gasteiger partial charge is 0.317 e. The first-order chi connectivity index (χ1) is 11.1. The third-order valence-corrected chi connectivity index (χ3v) is 4.98. The topological polar surface area (TPSA) is 61.6 Å². The number of thiophene rings is 1. The summed E-state index contributed by atoms with van der Waals surface area (Å²) in [5.41, 5.74) is 3.16. The zero-order chi connectivity index (χ0) is 16.2. The van der Waals surface area contributed by atoms with Crippen molar-refractivity contribution in [3.05, 3.63) is 39.4 Å². The minimum Gasteiger partial charge on any atom is -0.361 e. The van der Waals surface area contributed by atoms with Gasteiger partial charge >= 0.3 is 6.03 Å². The average Bonchev–Trinajstić information content (AvgIpc) is 3.17. The Morgan fingerprint density at radius 2 is 2.13 bits per heavy atom. The van der Waals surface area contributed by atoms with Gasteiger partial charge in [-0.3, -0.25) is 4.90 Å². The van der Waals surface area contributed by atoms with Gasteiger partial charge in [-0.15, -0.1) is 0 Å². The number of rotatable bonds is 4. The third-order valence-electron chi connectivity index (χ3n) is 4.24. The molecule has 0 unspecified atom stereocenters. The molecule has 2 amide bonds. The molecule has 0 aromatic carbocycles. The first-order valence-corrected chi connectivity index (χ1v) is 8.75. The van der Waals surface area contributed by atoms with Crippen LogP contribution < -0.4 is 5.32 Å². The van der Waals surface area contributed by atoms with E-state index >= 15 is 0 Å². The minimum absolute atomic E-state index is 0.0137. The van der Waals surface area contributed by atoms with Crippen LogP contribution in [0.2, 0.25) is 0 Å². The molecule has 0 atom stereocenters. The molecule has 2 aromatic rings. The molecule has 3 heterocycles. The Morgan fingerprint density at radius 3 is 2.74 bits per heavy atom. The van der Waals surface area contributed by atoms with Crippen molar-refractivity contribution in [2.24, 2.45) is 0 Å². The maximum absolute atomic E-state index is 12.3. The molecule has 1 fully saturated rings. The molecule has 7 heteroatoms. The molecular formula is C16H22N4O2S. The Labute approximate surface area is 140 Å². The number of carbonyl (C=O) groups excluding carboxylic acids is 1. The van der Waals surface area contributed by atoms with Gasteiger partial charge in [0, 0.05) is 44.8 Å². The van der Waals surface area contributed by atoms with Gasteiger partial charge < -0.3 is 14.7 Å². The second-order valence-corrected chi connectivity index (χ2v) is 6.64. The van der Waals surface area contributed by atoms with Gasteiger partial charge in [0.05, 0.1) is 5.69 Å². The maximum atomic E-state index is 12.3. The molecule has 1 saturated heterocycles. The van der Waals surface area contributed by atoms with Gasteiger partial charge in [-0.1, -0.05) is 5.16 Å². The Bertz CT molecular complexity index is 626. The lowest BCUT2D eigenvalue weighted by Crippen LogP contribution is -2.51. The van der Waals surface area contributed by atoms with E-state index in [2.05, 4.69) is 32.2 Å². The predicted molar refractivity (Wildman–Crippen MR) is 89.4 cm³/mol. The Kier molecular flexibility index (Phi) is 4.97. The van der Waals surface area contributed by atoms with E-state index in [0.29, 0.717) is 6.54 Å². The summed E-state index contributed by atoms with van der Waals surface area (Å²) in [6.07, 6.45) is 0. The fourth-order valence-corrected chi connectivity index (χ4v) is 3.44. The zero-order valence-corrected chi connectivity index (χ0v) is 14.4. The van der Waals surface area contributed by atoms with Gasteiger partial charge in [0.15, 0.2) is 0 Å². The van der Waals surface area contributed by atoms with Crippen LogP contribution in [0.3, 0.4) is 0 Å². The number of urea groups is 1. The molecule has 124 valence electrons. The van der Waals surface area contributed by atoms with Crippen molar-refractivity contribution in [1.29, 1.82) is 0 Å². The van der Waals surface area contributed by atoms with Crippen LogP contribution in [0, 0.1) is 13.8 Å². The lowest BCUT2D eigenvalue weighted by Gasteiger charge is -2.34. The summed E-state index contributed by atoms with van der Waals surface area (Å²) >= 11 is 1.73. The first kappa shape index (κ1) is 16.0. The lowest BCUT2D eigenvalue weighted by atomic mass is 10.2. The molecule has 1 aliphatic heterocycles. The highest BCUT2D eigenvalue weighted by molar-refractivity contribution is 7.07. The Hall–Kier alpha value is -1.86. The number of aryl methyl sites for hydroxylation is 2. The van der Waals surface area contributed by atoms with Crippen molar-refractivity contribution >= 4 is 17.4 Å². The molecule has 0 saturated carbocycles. The molecule has 0 spiro atoms. The summed E-state index contributed by atoms with van der Waals surface area (Å²) in [4.78, 5) is 16.6. The third kappa shape index (κ3) is 3.92. The van der Waals surface area contributed by atoms with Gasteiger partial charge in [0.2, 0.25) is 0 Å². The molecule has 6 nitrogen and oxygen atoms in total. The molecule has 1 aliphatic rings. The van der Waals surface area contributed by atoms with E-state index in [-0.39, 0.29) is 6.03 Å². The van der Waals surface area contributed by atoms with Gasteiger partial charge in [-0.25, -0.2) is 4.79 Å². The van der Waals surface area contributed by atoms with Crippen LogP contribution in [0.25, 0.3) is 0 Å². The molecule has 2 aromatic heterocycles. The van der Waals surface area contributed by atoms with E-state index in [9.17, 15) is 4.79 Å². The van der Waals surface area contributed by atoms with Gasteiger partial charge in [0.1, 0.15) is 5.76 Å². The van der Waals surface area contributed by atoms with E-state index in [1.807, 2.05) is 18.7 Å². The molecule has 0 bridgehead atoms. The van der Waals surface area contributed by atoms with Crippen LogP contribution in [0.1, 0.15) is 22.6 Å². The van der Waals surface area contributed by atoms with Crippen LogP contribution in [-0.4, -0.2) is 47.2 Å². The number of aromatic nitrogens is 1. The van der Waals surface area contributed by atoms with Crippen molar-refractivity contribution in [2.45, 2.75) is 26.9 Å². The van der Waals surface area contributed by atoms with Crippen LogP contribution in [-0.2, 0) is 13.1 Å². The van der Waals surface area contributed by atoms with Crippen LogP contribution in [0.5, 0.6) is 0 Å². The largest absolute Gasteiger partial charge is 0.361 e. The van der Waals surface area contributed by atoms with Crippen molar-refractivity contribution in [3.8, 4) is 0 Å². The number of nitrogens with one attached hydrogen (secondary N) is 1. The maximum Gasteiger partial charge on any atom is 0.317 e. The molecule has 0 aliphatic carbocycles. The fourth-order valence-electron chi connectivity index (χ4n) is 2.78. The number of hydrogen-bond donors (Lipinski definition) is 1. The summed E-state index contributed by atoms with van der Waals surface area (Å²) in [7, 11) is 0. The number of nitrogens with zero attached hydrogens (tertiary/aromatic N) is 3. The molecule has 0 radical (unpaired) electrons. The summed E-state index contributed by atoms with van der Waals surface area (Å²) in [5, 5.41) is 11.2. The number of piperazine rings is 1. The van der Waals surface area contributed by atoms with Crippen molar-refractivity contribution in [1.82, 2.24) is 20.3 Å². The first-order valence-electron chi connectivity index (χ1n) is 7.81. The zero-order valence-electron chi connectivity index (χ0n) is 13.5. The summed E-state index contributed by atoms with van der Waals surface area (Å²) < 4.78 is 5.12. The number of carbonyl (C=O) groups is 1. The summed E-state index contributed by atoms with van der Waals surface area (Å²) in [5.74, 6) is 0.767. The highest BCUT2D eigenvalue weighted by Gasteiger charge is 2.21. The highest BCUT2D eigenvalue weighted by atomic mass is 32.1. The predicted octanol–water partition coefficient (Wildman–Crippen LogP) is 2.38. The molecule has 1 N–H and O–H groups in total. The SMILES string of the molecule is Cc1noc(C)c1CNC(=O)N1CCN(Cc2ccsc2)CC1. The van der Waals surface area contributed by atoms with E-state index in [1.54, 1.807) is 11.3 Å². The fraction of sp³-hybridized carbons (Fsp3) is 0.500. The molecular weight excluding hydrogens is 312 g/mol. The second-order valence-electron chi connectivity index (χ2n) is 5.86. The second kappa shape index (κ2) is 7.14. The van der Waals surface area contributed by atoms with E-state index < -0.39 is 0 Å². The number of hydrogen-bond acceptors (Lipinski definition) is 5. The summed E-state index contributed by atoms with van der Waals surface area (Å²) in [6, 6.07) is 2.15. The van der Waals surface area contributed by atoms with Gasteiger partial charge in [-0.05, 0) is 36.2 Å². The standard InChI is InChI=1S/C16H22N4O2S/c1-12-15(13(2)22-18-12)9-17-16(21)20-6-4-19(5-7-20)10-14-3-8-23-11-14/h3,8,11H,4-7,9-10H2,1-2H3,(H,17,21). The van der Waals surface area contributed by atoms with E-state index in [4.69, 9.17) is 4.52 Å². The molecule has 23 heavy (non-hydrogen) atoms. The normalized spacial score (nSPS) is 15.8. The van der Waals surface area contributed by atoms with Crippen LogP contribution in [0.15, 0.2) is 21.3 Å². The Morgan fingerprint density at radius 1 is 1.35 bits per heavy atom. The van der Waals surface area contributed by atoms with E-state index in [1.165, 1.54) is 5.56 Å². The van der Waals surface area contributed by atoms with Gasteiger partial charge in [-0.2, -0.15) is 11.3 Å². The van der Waals surface area contributed by atoms with Crippen molar-refractivity contribution in [2.75, 3.05) is 26.2 Å². The van der Waals surface area contributed by atoms with Crippen LogP contribution >= 0.6 is 11.3 Å². The molecule has 3 rings (SSSR count). The highest BCUT2D eigenvalue weighted by Crippen LogP contribution is 2.13. The van der Waals surface area contributed by atoms with Crippen molar-refractivity contribution in [3.63, 3.8) is 0 Å². The Balaban J connectivity index is 1.45. The average molecular weight is 334 g/mol. The monoisotopic (exact) mass is 334 g/mol. The quantitative estimate of drug-likeness (QED) is 0.932. The lowest BCUT2D eigenvalue weighted by molar-refractivity contribution is 0.135. The number of amides is 2. The minimum atomic E-state index is -0.0137. The van der Waals surface area contributed by atoms with Crippen molar-refractivity contribution < 1.29 is 9.32 Å². The van der Waals surface area contributed by atoms with E-state index in [0.717, 1.165) is 49.7 Å². The van der Waals surface area contributed by atoms with Crippen LogP contribution in [0.4, 0.5) is 4.79 Å². The summed E-state index contributed by atoms with van der Waals surface area (Å²) in [6.45, 7) is 8.54. The van der Waals surface area contributed by atoms with Gasteiger partial charge in [0.25, 0.3) is 0 Å².